The second kappa shape index (κ2) is 5.97. The third-order valence-corrected chi connectivity index (χ3v) is 3.42. The standard InChI is InChI=1S/C15H23NO/c1-6-13(9-16-5)15(17)14-8-11(3)10(2)7-12(14)4/h7-8,13,16H,6,9H2,1-5H3. The molecule has 1 atom stereocenters. The maximum Gasteiger partial charge on any atom is 0.167 e. The second-order valence-electron chi connectivity index (χ2n) is 4.78. The summed E-state index contributed by atoms with van der Waals surface area (Å²) in [6.45, 7) is 8.98. The highest BCUT2D eigenvalue weighted by Crippen LogP contribution is 2.19. The number of ketones is 1. The van der Waals surface area contributed by atoms with Gasteiger partial charge in [-0.05, 0) is 57.0 Å². The third kappa shape index (κ3) is 3.16. The number of nitrogens with one attached hydrogen (secondary N) is 1. The van der Waals surface area contributed by atoms with Crippen molar-refractivity contribution < 1.29 is 4.79 Å². The smallest absolute Gasteiger partial charge is 0.167 e. The normalized spacial score (nSPS) is 12.5. The largest absolute Gasteiger partial charge is 0.319 e. The fourth-order valence-corrected chi connectivity index (χ4v) is 2.11. The van der Waals surface area contributed by atoms with Crippen molar-refractivity contribution in [3.05, 3.63) is 34.4 Å². The molecular weight excluding hydrogens is 210 g/mol. The Hall–Kier alpha value is -1.15. The summed E-state index contributed by atoms with van der Waals surface area (Å²) in [5.74, 6) is 0.350. The maximum absolute atomic E-state index is 12.4. The Balaban J connectivity index is 3.07. The summed E-state index contributed by atoms with van der Waals surface area (Å²) in [7, 11) is 1.89. The van der Waals surface area contributed by atoms with E-state index in [1.54, 1.807) is 0 Å². The molecule has 0 radical (unpaired) electrons. The average molecular weight is 233 g/mol. The Kier molecular flexibility index (Phi) is 4.88. The van der Waals surface area contributed by atoms with Crippen molar-refractivity contribution in [3.63, 3.8) is 0 Å². The third-order valence-electron chi connectivity index (χ3n) is 3.42. The zero-order chi connectivity index (χ0) is 13.0. The number of benzene rings is 1. The molecule has 0 saturated heterocycles. The lowest BCUT2D eigenvalue weighted by molar-refractivity contribution is 0.0916. The first-order chi connectivity index (χ1) is 8.01. The van der Waals surface area contributed by atoms with E-state index in [0.717, 1.165) is 24.1 Å². The van der Waals surface area contributed by atoms with Gasteiger partial charge < -0.3 is 5.32 Å². The number of carbonyl (C=O) groups is 1. The fourth-order valence-electron chi connectivity index (χ4n) is 2.11. The minimum absolute atomic E-state index is 0.0841. The van der Waals surface area contributed by atoms with E-state index in [0.29, 0.717) is 0 Å². The van der Waals surface area contributed by atoms with E-state index in [2.05, 4.69) is 32.2 Å². The molecule has 0 aliphatic carbocycles. The SMILES string of the molecule is CCC(CNC)C(=O)c1cc(C)c(C)cc1C. The lowest BCUT2D eigenvalue weighted by Gasteiger charge is -2.16. The van der Waals surface area contributed by atoms with Crippen molar-refractivity contribution in [3.8, 4) is 0 Å². The van der Waals surface area contributed by atoms with Gasteiger partial charge in [0.15, 0.2) is 5.78 Å². The van der Waals surface area contributed by atoms with Crippen LogP contribution in [0.5, 0.6) is 0 Å². The highest BCUT2D eigenvalue weighted by atomic mass is 16.1. The van der Waals surface area contributed by atoms with Gasteiger partial charge in [0.05, 0.1) is 0 Å². The van der Waals surface area contributed by atoms with Crippen LogP contribution in [-0.4, -0.2) is 19.4 Å². The molecule has 0 spiro atoms. The minimum atomic E-state index is 0.0841. The molecule has 0 saturated carbocycles. The number of Topliss-reactive ketones (excluding diaryl/α,β-unsaturated/α-hetero) is 1. The summed E-state index contributed by atoms with van der Waals surface area (Å²) >= 11 is 0. The summed E-state index contributed by atoms with van der Waals surface area (Å²) < 4.78 is 0. The van der Waals surface area contributed by atoms with Gasteiger partial charge in [0, 0.05) is 18.0 Å². The molecule has 1 aromatic carbocycles. The van der Waals surface area contributed by atoms with E-state index < -0.39 is 0 Å². The number of carbonyl (C=O) groups excluding carboxylic acids is 1. The predicted octanol–water partition coefficient (Wildman–Crippen LogP) is 3.04. The van der Waals surface area contributed by atoms with Crippen LogP contribution in [0, 0.1) is 26.7 Å². The van der Waals surface area contributed by atoms with E-state index in [4.69, 9.17) is 0 Å². The fraction of sp³-hybridized carbons (Fsp3) is 0.533. The first-order valence-electron chi connectivity index (χ1n) is 6.27. The van der Waals surface area contributed by atoms with E-state index in [-0.39, 0.29) is 11.7 Å². The predicted molar refractivity (Wildman–Crippen MR) is 72.7 cm³/mol. The average Bonchev–Trinajstić information content (AvgIpc) is 2.30. The summed E-state index contributed by atoms with van der Waals surface area (Å²) in [5, 5.41) is 3.09. The van der Waals surface area contributed by atoms with Crippen LogP contribution in [0.15, 0.2) is 12.1 Å². The van der Waals surface area contributed by atoms with Gasteiger partial charge in [-0.25, -0.2) is 0 Å². The van der Waals surface area contributed by atoms with E-state index in [1.165, 1.54) is 11.1 Å². The molecule has 0 aliphatic rings. The highest BCUT2D eigenvalue weighted by molar-refractivity contribution is 5.99. The lowest BCUT2D eigenvalue weighted by Crippen LogP contribution is -2.26. The summed E-state index contributed by atoms with van der Waals surface area (Å²) in [6, 6.07) is 4.14. The zero-order valence-electron chi connectivity index (χ0n) is 11.6. The number of hydrogen-bond acceptors (Lipinski definition) is 2. The van der Waals surface area contributed by atoms with Crippen molar-refractivity contribution in [2.24, 2.45) is 5.92 Å². The van der Waals surface area contributed by atoms with Crippen LogP contribution >= 0.6 is 0 Å². The molecule has 0 amide bonds. The van der Waals surface area contributed by atoms with Crippen molar-refractivity contribution in [2.45, 2.75) is 34.1 Å². The van der Waals surface area contributed by atoms with Crippen LogP contribution in [0.1, 0.15) is 40.4 Å². The summed E-state index contributed by atoms with van der Waals surface area (Å²) in [4.78, 5) is 12.4. The first-order valence-corrected chi connectivity index (χ1v) is 6.27. The molecule has 0 bridgehead atoms. The van der Waals surface area contributed by atoms with Gasteiger partial charge >= 0.3 is 0 Å². The Morgan fingerprint density at radius 2 is 1.76 bits per heavy atom. The quantitative estimate of drug-likeness (QED) is 0.792. The molecule has 1 aromatic rings. The van der Waals surface area contributed by atoms with E-state index >= 15 is 0 Å². The van der Waals surface area contributed by atoms with Gasteiger partial charge in [0.2, 0.25) is 0 Å². The van der Waals surface area contributed by atoms with Crippen molar-refractivity contribution in [2.75, 3.05) is 13.6 Å². The molecule has 1 unspecified atom stereocenters. The molecule has 0 aliphatic heterocycles. The molecule has 17 heavy (non-hydrogen) atoms. The zero-order valence-corrected chi connectivity index (χ0v) is 11.6. The summed E-state index contributed by atoms with van der Waals surface area (Å²) in [6.07, 6.45) is 0.881. The molecule has 2 heteroatoms. The summed E-state index contributed by atoms with van der Waals surface area (Å²) in [5.41, 5.74) is 4.42. The van der Waals surface area contributed by atoms with Crippen LogP contribution in [-0.2, 0) is 0 Å². The van der Waals surface area contributed by atoms with Crippen LogP contribution in [0.25, 0.3) is 0 Å². The topological polar surface area (TPSA) is 29.1 Å². The Bertz CT molecular complexity index is 410. The molecule has 94 valence electrons. The first kappa shape index (κ1) is 13.9. The van der Waals surface area contributed by atoms with Crippen molar-refractivity contribution in [1.82, 2.24) is 5.32 Å². The monoisotopic (exact) mass is 233 g/mol. The Labute approximate surface area is 104 Å². The van der Waals surface area contributed by atoms with E-state index in [1.807, 2.05) is 20.0 Å². The van der Waals surface area contributed by atoms with Gasteiger partial charge in [-0.2, -0.15) is 0 Å². The van der Waals surface area contributed by atoms with Crippen LogP contribution in [0.3, 0.4) is 0 Å². The number of rotatable bonds is 5. The Morgan fingerprint density at radius 3 is 2.29 bits per heavy atom. The number of aryl methyl sites for hydroxylation is 3. The van der Waals surface area contributed by atoms with Gasteiger partial charge in [0.1, 0.15) is 0 Å². The van der Waals surface area contributed by atoms with E-state index in [9.17, 15) is 4.79 Å². The molecule has 0 fully saturated rings. The maximum atomic E-state index is 12.4. The minimum Gasteiger partial charge on any atom is -0.319 e. The molecule has 1 rings (SSSR count). The van der Waals surface area contributed by atoms with Crippen LogP contribution in [0.2, 0.25) is 0 Å². The van der Waals surface area contributed by atoms with Gasteiger partial charge in [-0.1, -0.05) is 13.0 Å². The van der Waals surface area contributed by atoms with Gasteiger partial charge in [0.25, 0.3) is 0 Å². The second-order valence-corrected chi connectivity index (χ2v) is 4.78. The van der Waals surface area contributed by atoms with Crippen molar-refractivity contribution >= 4 is 5.78 Å². The van der Waals surface area contributed by atoms with Crippen molar-refractivity contribution in [1.29, 1.82) is 0 Å². The molecular formula is C15H23NO. The Morgan fingerprint density at radius 1 is 1.18 bits per heavy atom. The highest BCUT2D eigenvalue weighted by Gasteiger charge is 2.19. The molecule has 0 aromatic heterocycles. The van der Waals surface area contributed by atoms with Crippen LogP contribution < -0.4 is 5.32 Å². The number of hydrogen-bond donors (Lipinski definition) is 1. The molecule has 1 N–H and O–H groups in total. The van der Waals surface area contributed by atoms with Gasteiger partial charge in [-0.3, -0.25) is 4.79 Å². The van der Waals surface area contributed by atoms with Crippen LogP contribution in [0.4, 0.5) is 0 Å². The van der Waals surface area contributed by atoms with Gasteiger partial charge in [-0.15, -0.1) is 0 Å². The molecule has 2 nitrogen and oxygen atoms in total. The molecule has 0 heterocycles. The lowest BCUT2D eigenvalue weighted by atomic mass is 9.90.